The zero-order chi connectivity index (χ0) is 20.8. The first kappa shape index (κ1) is 36.6. The third-order valence-corrected chi connectivity index (χ3v) is 1.73. The second kappa shape index (κ2) is 16.9. The molecule has 0 radical (unpaired) electrons. The largest absolute Gasteiger partial charge is 4.00 e. The Kier molecular flexibility index (Phi) is 24.7. The third-order valence-electron chi connectivity index (χ3n) is 1.73. The molecule has 5 heteroatoms. The van der Waals surface area contributed by atoms with E-state index < -0.39 is 0 Å². The summed E-state index contributed by atoms with van der Waals surface area (Å²) in [6.07, 6.45) is 0. The van der Waals surface area contributed by atoms with Crippen LogP contribution >= 0.6 is 0 Å². The van der Waals surface area contributed by atoms with Gasteiger partial charge in [0.2, 0.25) is 0 Å². The van der Waals surface area contributed by atoms with Crippen LogP contribution in [0.4, 0.5) is 0 Å². The van der Waals surface area contributed by atoms with Crippen LogP contribution in [0.3, 0.4) is 0 Å². The number of hydrogen-bond donors (Lipinski definition) is 0. The summed E-state index contributed by atoms with van der Waals surface area (Å²) in [5.74, 6) is 0. The van der Waals surface area contributed by atoms with Crippen molar-refractivity contribution in [3.05, 3.63) is 0 Å². The molecule has 0 fully saturated rings. The van der Waals surface area contributed by atoms with Gasteiger partial charge in [-0.15, -0.1) is 26.4 Å². The molecule has 0 aliphatic carbocycles. The summed E-state index contributed by atoms with van der Waals surface area (Å²) >= 11 is 0. The molecular formula is C20H44O4Zr. The van der Waals surface area contributed by atoms with E-state index >= 15 is 0 Å². The summed E-state index contributed by atoms with van der Waals surface area (Å²) in [4.78, 5) is 0. The first-order valence-electron chi connectivity index (χ1n) is 8.57. The standard InChI is InChI=1S/4C5H11O.Zr/c4*1-5(2,3)4-6;/h4*4H2,1-3H3;/q4*-1;+4. The Morgan fingerprint density at radius 3 is 0.400 bits per heavy atom. The quantitative estimate of drug-likeness (QED) is 0.572. The second-order valence-electron chi connectivity index (χ2n) is 10.8. The van der Waals surface area contributed by atoms with Crippen molar-refractivity contribution >= 4 is 0 Å². The SMILES string of the molecule is CC(C)(C)C[O-].CC(C)(C)C[O-].CC(C)(C)C[O-].CC(C)(C)C[O-].[Zr+4]. The van der Waals surface area contributed by atoms with Crippen LogP contribution in [0, 0.1) is 21.7 Å². The maximum Gasteiger partial charge on any atom is 4.00 e. The van der Waals surface area contributed by atoms with Crippen LogP contribution in [0.15, 0.2) is 0 Å². The van der Waals surface area contributed by atoms with Gasteiger partial charge in [-0.05, 0) is 0 Å². The fraction of sp³-hybridized carbons (Fsp3) is 1.00. The molecule has 0 saturated heterocycles. The zero-order valence-corrected chi connectivity index (χ0v) is 21.4. The van der Waals surface area contributed by atoms with E-state index in [9.17, 15) is 20.4 Å². The molecule has 0 aliphatic rings. The van der Waals surface area contributed by atoms with Gasteiger partial charge in [0.05, 0.1) is 0 Å². The minimum absolute atomic E-state index is 0. The molecule has 0 saturated carbocycles. The maximum atomic E-state index is 9.95. The van der Waals surface area contributed by atoms with Crippen LogP contribution in [0.5, 0.6) is 0 Å². The molecule has 0 spiro atoms. The molecule has 0 aromatic rings. The second-order valence-corrected chi connectivity index (χ2v) is 10.8. The van der Waals surface area contributed by atoms with Crippen LogP contribution in [0.2, 0.25) is 0 Å². The summed E-state index contributed by atoms with van der Waals surface area (Å²) in [5.41, 5.74) is -0.0556. The van der Waals surface area contributed by atoms with Gasteiger partial charge in [-0.3, -0.25) is 0 Å². The van der Waals surface area contributed by atoms with E-state index in [0.717, 1.165) is 0 Å². The Bertz CT molecular complexity index is 197. The monoisotopic (exact) mass is 438 g/mol. The normalized spacial score (nSPS) is 11.5. The number of rotatable bonds is 0. The molecule has 0 rings (SSSR count). The van der Waals surface area contributed by atoms with Crippen LogP contribution < -0.4 is 20.4 Å². The van der Waals surface area contributed by atoms with E-state index in [1.54, 1.807) is 0 Å². The molecule has 0 amide bonds. The van der Waals surface area contributed by atoms with Crippen LogP contribution in [-0.2, 0) is 26.2 Å². The van der Waals surface area contributed by atoms with Crippen LogP contribution in [-0.4, -0.2) is 26.4 Å². The minimum Gasteiger partial charge on any atom is -0.854 e. The van der Waals surface area contributed by atoms with Gasteiger partial charge in [-0.25, -0.2) is 0 Å². The van der Waals surface area contributed by atoms with Crippen molar-refractivity contribution in [1.29, 1.82) is 0 Å². The van der Waals surface area contributed by atoms with Crippen molar-refractivity contribution in [2.75, 3.05) is 26.4 Å². The van der Waals surface area contributed by atoms with Gasteiger partial charge in [0.1, 0.15) is 0 Å². The molecule has 0 aliphatic heterocycles. The molecule has 0 N–H and O–H groups in total. The molecule has 0 aromatic heterocycles. The Hall–Kier alpha value is 0.723. The average Bonchev–Trinajstić information content (AvgIpc) is 2.37. The molecule has 0 unspecified atom stereocenters. The van der Waals surface area contributed by atoms with Crippen molar-refractivity contribution in [2.24, 2.45) is 21.7 Å². The molecule has 4 nitrogen and oxygen atoms in total. The summed E-state index contributed by atoms with van der Waals surface area (Å²) in [6.45, 7) is 23.3. The molecule has 0 bridgehead atoms. The van der Waals surface area contributed by atoms with Gasteiger partial charge >= 0.3 is 26.2 Å². The van der Waals surface area contributed by atoms with Crippen molar-refractivity contribution in [3.8, 4) is 0 Å². The smallest absolute Gasteiger partial charge is 0.854 e. The summed E-state index contributed by atoms with van der Waals surface area (Å²) in [5, 5.41) is 39.8. The topological polar surface area (TPSA) is 92.2 Å². The minimum atomic E-state index is -0.0139. The van der Waals surface area contributed by atoms with E-state index in [1.165, 1.54) is 0 Å². The van der Waals surface area contributed by atoms with Crippen molar-refractivity contribution < 1.29 is 46.6 Å². The van der Waals surface area contributed by atoms with Gasteiger partial charge < -0.3 is 20.4 Å². The van der Waals surface area contributed by atoms with Crippen LogP contribution in [0.1, 0.15) is 83.1 Å². The Balaban J connectivity index is -0.0000000702. The molecule has 0 atom stereocenters. The fourth-order valence-electron chi connectivity index (χ4n) is 0. The van der Waals surface area contributed by atoms with Crippen LogP contribution in [0.25, 0.3) is 0 Å². The van der Waals surface area contributed by atoms with Gasteiger partial charge in [0.15, 0.2) is 0 Å². The first-order valence-corrected chi connectivity index (χ1v) is 8.57. The van der Waals surface area contributed by atoms with E-state index in [1.807, 2.05) is 83.1 Å². The summed E-state index contributed by atoms with van der Waals surface area (Å²) < 4.78 is 0. The van der Waals surface area contributed by atoms with E-state index in [-0.39, 0.29) is 74.3 Å². The van der Waals surface area contributed by atoms with Gasteiger partial charge in [-0.2, -0.15) is 0 Å². The van der Waals surface area contributed by atoms with Gasteiger partial charge in [0.25, 0.3) is 0 Å². The van der Waals surface area contributed by atoms with Crippen molar-refractivity contribution in [1.82, 2.24) is 0 Å². The van der Waals surface area contributed by atoms with E-state index in [0.29, 0.717) is 0 Å². The molecule has 0 aromatic carbocycles. The maximum absolute atomic E-state index is 9.95. The average molecular weight is 440 g/mol. The summed E-state index contributed by atoms with van der Waals surface area (Å²) in [7, 11) is 0. The van der Waals surface area contributed by atoms with E-state index in [4.69, 9.17) is 0 Å². The predicted octanol–water partition coefficient (Wildman–Crippen LogP) is 1.57. The zero-order valence-electron chi connectivity index (χ0n) is 19.0. The molecule has 0 heterocycles. The molecule has 25 heavy (non-hydrogen) atoms. The third kappa shape index (κ3) is 78.9. The Labute approximate surface area is 177 Å². The van der Waals surface area contributed by atoms with Gasteiger partial charge in [-0.1, -0.05) is 105 Å². The first-order chi connectivity index (χ1) is 10.2. The predicted molar refractivity (Wildman–Crippen MR) is 97.3 cm³/mol. The summed E-state index contributed by atoms with van der Waals surface area (Å²) in [6, 6.07) is 0. The van der Waals surface area contributed by atoms with E-state index in [2.05, 4.69) is 0 Å². The van der Waals surface area contributed by atoms with Crippen molar-refractivity contribution in [3.63, 3.8) is 0 Å². The molecule has 152 valence electrons. The van der Waals surface area contributed by atoms with Gasteiger partial charge in [0, 0.05) is 0 Å². The number of hydrogen-bond acceptors (Lipinski definition) is 4. The Morgan fingerprint density at radius 1 is 0.360 bits per heavy atom. The van der Waals surface area contributed by atoms with Crippen molar-refractivity contribution in [2.45, 2.75) is 83.1 Å². The fourth-order valence-corrected chi connectivity index (χ4v) is 0. The molecular weight excluding hydrogens is 395 g/mol. The Morgan fingerprint density at radius 2 is 0.400 bits per heavy atom.